The van der Waals surface area contributed by atoms with Crippen LogP contribution < -0.4 is 4.90 Å². The fourth-order valence-corrected chi connectivity index (χ4v) is 2.03. The van der Waals surface area contributed by atoms with Gasteiger partial charge < -0.3 is 15.1 Å². The van der Waals surface area contributed by atoms with Crippen molar-refractivity contribution in [3.05, 3.63) is 59.9 Å². The predicted molar refractivity (Wildman–Crippen MR) is 75.8 cm³/mol. The van der Waals surface area contributed by atoms with Gasteiger partial charge in [0.05, 0.1) is 24.1 Å². The maximum absolute atomic E-state index is 11.3. The zero-order valence-corrected chi connectivity index (χ0v) is 10.9. The van der Waals surface area contributed by atoms with Crippen molar-refractivity contribution in [2.24, 2.45) is 0 Å². The molecule has 0 aliphatic carbocycles. The summed E-state index contributed by atoms with van der Waals surface area (Å²) >= 11 is 0. The lowest BCUT2D eigenvalue weighted by Gasteiger charge is -2.25. The molecule has 0 atom stereocenters. The lowest BCUT2D eigenvalue weighted by atomic mass is 10.1. The van der Waals surface area contributed by atoms with Crippen LogP contribution in [0.3, 0.4) is 0 Å². The average Bonchev–Trinajstić information content (AvgIpc) is 2.48. The second kappa shape index (κ2) is 6.68. The van der Waals surface area contributed by atoms with Crippen molar-refractivity contribution in [3.63, 3.8) is 0 Å². The zero-order chi connectivity index (χ0) is 14.4. The second-order valence-electron chi connectivity index (χ2n) is 4.33. The van der Waals surface area contributed by atoms with Crippen LogP contribution in [0.4, 0.5) is 5.69 Å². The van der Waals surface area contributed by atoms with Crippen molar-refractivity contribution in [2.75, 3.05) is 18.1 Å². The van der Waals surface area contributed by atoms with E-state index in [-0.39, 0.29) is 12.2 Å². The molecule has 0 unspecified atom stereocenters. The number of aliphatic hydroxyl groups excluding tert-OH is 1. The number of anilines is 1. The van der Waals surface area contributed by atoms with Crippen molar-refractivity contribution in [3.8, 4) is 0 Å². The van der Waals surface area contributed by atoms with Gasteiger partial charge in [-0.1, -0.05) is 30.3 Å². The number of aromatic nitrogens is 1. The first-order chi connectivity index (χ1) is 9.72. The van der Waals surface area contributed by atoms with Crippen LogP contribution in [0, 0.1) is 0 Å². The van der Waals surface area contributed by atoms with Crippen molar-refractivity contribution < 1.29 is 15.0 Å². The summed E-state index contributed by atoms with van der Waals surface area (Å²) in [7, 11) is 0. The Morgan fingerprint density at radius 2 is 1.95 bits per heavy atom. The summed E-state index contributed by atoms with van der Waals surface area (Å²) in [6.07, 6.45) is 2.97. The van der Waals surface area contributed by atoms with Gasteiger partial charge in [0.2, 0.25) is 0 Å². The van der Waals surface area contributed by atoms with E-state index in [1.807, 2.05) is 35.2 Å². The normalized spacial score (nSPS) is 10.2. The molecule has 2 aromatic rings. The van der Waals surface area contributed by atoms with Crippen LogP contribution in [0.5, 0.6) is 0 Å². The minimum absolute atomic E-state index is 0.0548. The minimum Gasteiger partial charge on any atom is -0.478 e. The van der Waals surface area contributed by atoms with Crippen LogP contribution in [0.15, 0.2) is 48.8 Å². The van der Waals surface area contributed by atoms with Gasteiger partial charge >= 0.3 is 5.97 Å². The number of carboxylic acid groups (broad SMARTS) is 1. The first-order valence-electron chi connectivity index (χ1n) is 6.29. The molecule has 0 radical (unpaired) electrons. The van der Waals surface area contributed by atoms with Crippen molar-refractivity contribution >= 4 is 11.7 Å². The molecule has 1 heterocycles. The smallest absolute Gasteiger partial charge is 0.337 e. The Labute approximate surface area is 117 Å². The third-order valence-corrected chi connectivity index (χ3v) is 2.96. The Hall–Kier alpha value is -2.40. The van der Waals surface area contributed by atoms with E-state index in [2.05, 4.69) is 4.98 Å². The summed E-state index contributed by atoms with van der Waals surface area (Å²) in [5.74, 6) is -1.00. The maximum Gasteiger partial charge on any atom is 0.337 e. The number of benzene rings is 1. The number of aromatic carboxylic acids is 1. The summed E-state index contributed by atoms with van der Waals surface area (Å²) in [6.45, 7) is 0.815. The molecule has 0 saturated heterocycles. The van der Waals surface area contributed by atoms with E-state index in [1.165, 1.54) is 18.5 Å². The molecule has 0 aliphatic heterocycles. The van der Waals surface area contributed by atoms with E-state index < -0.39 is 5.97 Å². The van der Waals surface area contributed by atoms with Crippen LogP contribution in [-0.4, -0.2) is 34.3 Å². The topological polar surface area (TPSA) is 73.7 Å². The summed E-state index contributed by atoms with van der Waals surface area (Å²) in [4.78, 5) is 17.1. The van der Waals surface area contributed by atoms with Crippen molar-refractivity contribution in [1.29, 1.82) is 0 Å². The van der Waals surface area contributed by atoms with Crippen LogP contribution in [0.25, 0.3) is 0 Å². The lowest BCUT2D eigenvalue weighted by molar-refractivity contribution is 0.0697. The molecule has 2 rings (SSSR count). The Bertz CT molecular complexity index is 572. The third-order valence-electron chi connectivity index (χ3n) is 2.96. The molecule has 0 aliphatic rings. The minimum atomic E-state index is -1.00. The van der Waals surface area contributed by atoms with Gasteiger partial charge in [-0.15, -0.1) is 0 Å². The highest BCUT2D eigenvalue weighted by Crippen LogP contribution is 2.21. The zero-order valence-electron chi connectivity index (χ0n) is 10.9. The average molecular weight is 272 g/mol. The molecule has 5 nitrogen and oxygen atoms in total. The molecule has 0 fully saturated rings. The first-order valence-corrected chi connectivity index (χ1v) is 6.29. The number of hydrogen-bond acceptors (Lipinski definition) is 4. The van der Waals surface area contributed by atoms with E-state index in [4.69, 9.17) is 0 Å². The molecule has 0 spiro atoms. The van der Waals surface area contributed by atoms with Crippen LogP contribution >= 0.6 is 0 Å². The Kier molecular flexibility index (Phi) is 4.68. The predicted octanol–water partition coefficient (Wildman–Crippen LogP) is 1.78. The van der Waals surface area contributed by atoms with E-state index in [1.54, 1.807) is 0 Å². The Balaban J connectivity index is 2.31. The quantitative estimate of drug-likeness (QED) is 0.838. The molecule has 2 N–H and O–H groups in total. The van der Waals surface area contributed by atoms with E-state index in [0.717, 1.165) is 5.56 Å². The highest BCUT2D eigenvalue weighted by molar-refractivity contribution is 5.94. The number of pyridine rings is 1. The van der Waals surface area contributed by atoms with E-state index in [0.29, 0.717) is 18.8 Å². The fourth-order valence-electron chi connectivity index (χ4n) is 2.03. The van der Waals surface area contributed by atoms with Gasteiger partial charge in [-0.25, -0.2) is 4.79 Å². The molecule has 104 valence electrons. The van der Waals surface area contributed by atoms with E-state index >= 15 is 0 Å². The van der Waals surface area contributed by atoms with Crippen LogP contribution in [0.1, 0.15) is 15.9 Å². The van der Waals surface area contributed by atoms with Gasteiger partial charge in [0.15, 0.2) is 0 Å². The van der Waals surface area contributed by atoms with Gasteiger partial charge in [0.1, 0.15) is 0 Å². The summed E-state index contributed by atoms with van der Waals surface area (Å²) < 4.78 is 0. The third kappa shape index (κ3) is 3.33. The summed E-state index contributed by atoms with van der Waals surface area (Å²) in [6, 6.07) is 11.2. The lowest BCUT2D eigenvalue weighted by Crippen LogP contribution is -2.28. The largest absolute Gasteiger partial charge is 0.478 e. The SMILES string of the molecule is O=C(O)c1ccncc1N(CCO)Cc1ccccc1. The first kappa shape index (κ1) is 14.0. The molecule has 20 heavy (non-hydrogen) atoms. The number of hydrogen-bond donors (Lipinski definition) is 2. The number of nitrogens with zero attached hydrogens (tertiary/aromatic N) is 2. The van der Waals surface area contributed by atoms with Gasteiger partial charge in [0.25, 0.3) is 0 Å². The van der Waals surface area contributed by atoms with Crippen LogP contribution in [-0.2, 0) is 6.54 Å². The molecule has 0 bridgehead atoms. The number of rotatable bonds is 6. The van der Waals surface area contributed by atoms with Gasteiger partial charge in [0, 0.05) is 19.3 Å². The number of carbonyl (C=O) groups is 1. The van der Waals surface area contributed by atoms with Gasteiger partial charge in [-0.05, 0) is 11.6 Å². The maximum atomic E-state index is 11.3. The Morgan fingerprint density at radius 3 is 2.60 bits per heavy atom. The molecule has 1 aromatic carbocycles. The highest BCUT2D eigenvalue weighted by Gasteiger charge is 2.16. The molecule has 1 aromatic heterocycles. The van der Waals surface area contributed by atoms with Crippen molar-refractivity contribution in [1.82, 2.24) is 4.98 Å². The molecule has 5 heteroatoms. The molecule has 0 amide bonds. The summed E-state index contributed by atoms with van der Waals surface area (Å²) in [5.41, 5.74) is 1.74. The van der Waals surface area contributed by atoms with Crippen molar-refractivity contribution in [2.45, 2.75) is 6.54 Å². The summed E-state index contributed by atoms with van der Waals surface area (Å²) in [5, 5.41) is 18.4. The fraction of sp³-hybridized carbons (Fsp3) is 0.200. The molecule has 0 saturated carbocycles. The van der Waals surface area contributed by atoms with E-state index in [9.17, 15) is 15.0 Å². The van der Waals surface area contributed by atoms with Crippen LogP contribution in [0.2, 0.25) is 0 Å². The molecular formula is C15H16N2O3. The molecular weight excluding hydrogens is 256 g/mol. The monoisotopic (exact) mass is 272 g/mol. The number of aliphatic hydroxyl groups is 1. The second-order valence-corrected chi connectivity index (χ2v) is 4.33. The highest BCUT2D eigenvalue weighted by atomic mass is 16.4. The number of carboxylic acids is 1. The standard InChI is InChI=1S/C15H16N2O3/c18-9-8-17(11-12-4-2-1-3-5-12)14-10-16-7-6-13(14)15(19)20/h1-7,10,18H,8-9,11H2,(H,19,20). The van der Waals surface area contributed by atoms with Gasteiger partial charge in [-0.3, -0.25) is 4.98 Å². The Morgan fingerprint density at radius 1 is 1.20 bits per heavy atom. The van der Waals surface area contributed by atoms with Gasteiger partial charge in [-0.2, -0.15) is 0 Å².